The Hall–Kier alpha value is -2.41. The number of anilines is 1. The highest BCUT2D eigenvalue weighted by Crippen LogP contribution is 2.22. The molecular formula is C19H23FN2O3S. The summed E-state index contributed by atoms with van der Waals surface area (Å²) in [6.45, 7) is 3.76. The van der Waals surface area contributed by atoms with Crippen LogP contribution in [0.15, 0.2) is 48.5 Å². The Morgan fingerprint density at radius 3 is 2.31 bits per heavy atom. The molecule has 0 aliphatic carbocycles. The smallest absolute Gasteiger partial charge is 0.251 e. The van der Waals surface area contributed by atoms with Gasteiger partial charge in [0.2, 0.25) is 10.0 Å². The van der Waals surface area contributed by atoms with Crippen molar-refractivity contribution in [1.29, 1.82) is 0 Å². The van der Waals surface area contributed by atoms with E-state index < -0.39 is 15.8 Å². The molecule has 140 valence electrons. The number of carbonyl (C=O) groups excluding carboxylic acids is 1. The first-order chi connectivity index (χ1) is 12.2. The first-order valence-electron chi connectivity index (χ1n) is 8.34. The SMILES string of the molecule is CC[C@@H](C)NC(=O)c1ccc(N(Cc2ccccc2F)S(C)(=O)=O)cc1. The third-order valence-corrected chi connectivity index (χ3v) is 5.22. The molecule has 0 aromatic heterocycles. The lowest BCUT2D eigenvalue weighted by atomic mass is 10.1. The van der Waals surface area contributed by atoms with Crippen LogP contribution < -0.4 is 9.62 Å². The largest absolute Gasteiger partial charge is 0.350 e. The quantitative estimate of drug-likeness (QED) is 0.804. The Labute approximate surface area is 153 Å². The number of carbonyl (C=O) groups is 1. The van der Waals surface area contributed by atoms with E-state index in [0.717, 1.165) is 17.0 Å². The first-order valence-corrected chi connectivity index (χ1v) is 10.2. The number of rotatable bonds is 7. The van der Waals surface area contributed by atoms with Crippen LogP contribution in [0.1, 0.15) is 36.2 Å². The fraction of sp³-hybridized carbons (Fsp3) is 0.316. The number of sulfonamides is 1. The summed E-state index contributed by atoms with van der Waals surface area (Å²) in [5, 5.41) is 2.85. The summed E-state index contributed by atoms with van der Waals surface area (Å²) < 4.78 is 39.4. The minimum absolute atomic E-state index is 0.0516. The number of nitrogens with one attached hydrogen (secondary N) is 1. The molecule has 0 aliphatic rings. The molecule has 0 fully saturated rings. The molecule has 0 heterocycles. The zero-order valence-corrected chi connectivity index (χ0v) is 15.9. The van der Waals surface area contributed by atoms with E-state index in [-0.39, 0.29) is 24.1 Å². The van der Waals surface area contributed by atoms with E-state index in [4.69, 9.17) is 0 Å². The minimum Gasteiger partial charge on any atom is -0.350 e. The molecule has 0 saturated carbocycles. The molecule has 0 saturated heterocycles. The average Bonchev–Trinajstić information content (AvgIpc) is 2.60. The lowest BCUT2D eigenvalue weighted by Gasteiger charge is -2.23. The van der Waals surface area contributed by atoms with Gasteiger partial charge in [-0.1, -0.05) is 25.1 Å². The van der Waals surface area contributed by atoms with Gasteiger partial charge >= 0.3 is 0 Å². The Balaban J connectivity index is 2.27. The fourth-order valence-electron chi connectivity index (χ4n) is 2.37. The van der Waals surface area contributed by atoms with Gasteiger partial charge in [0, 0.05) is 17.2 Å². The fourth-order valence-corrected chi connectivity index (χ4v) is 3.25. The van der Waals surface area contributed by atoms with Gasteiger partial charge in [0.25, 0.3) is 5.91 Å². The predicted octanol–water partition coefficient (Wildman–Crippen LogP) is 3.32. The molecule has 1 N–H and O–H groups in total. The van der Waals surface area contributed by atoms with E-state index in [2.05, 4.69) is 5.32 Å². The van der Waals surface area contributed by atoms with Crippen LogP contribution in [0.5, 0.6) is 0 Å². The second-order valence-corrected chi connectivity index (χ2v) is 8.10. The minimum atomic E-state index is -3.62. The van der Waals surface area contributed by atoms with Crippen molar-refractivity contribution in [2.45, 2.75) is 32.9 Å². The van der Waals surface area contributed by atoms with Crippen molar-refractivity contribution in [3.63, 3.8) is 0 Å². The van der Waals surface area contributed by atoms with Crippen LogP contribution >= 0.6 is 0 Å². The van der Waals surface area contributed by atoms with Crippen LogP contribution in [0.25, 0.3) is 0 Å². The molecule has 0 bridgehead atoms. The van der Waals surface area contributed by atoms with Gasteiger partial charge in [-0.15, -0.1) is 0 Å². The molecule has 1 atom stereocenters. The summed E-state index contributed by atoms with van der Waals surface area (Å²) in [5.41, 5.74) is 1.08. The molecule has 0 spiro atoms. The lowest BCUT2D eigenvalue weighted by Crippen LogP contribution is -2.32. The Bertz CT molecular complexity index is 867. The molecule has 26 heavy (non-hydrogen) atoms. The summed E-state index contributed by atoms with van der Waals surface area (Å²) in [6, 6.07) is 12.3. The third kappa shape index (κ3) is 5.05. The summed E-state index contributed by atoms with van der Waals surface area (Å²) in [7, 11) is -3.62. The van der Waals surface area contributed by atoms with Gasteiger partial charge < -0.3 is 5.32 Å². The second kappa shape index (κ2) is 8.31. The maximum atomic E-state index is 13.9. The highest BCUT2D eigenvalue weighted by Gasteiger charge is 2.20. The molecule has 0 unspecified atom stereocenters. The Morgan fingerprint density at radius 1 is 1.15 bits per heavy atom. The normalized spacial score (nSPS) is 12.5. The predicted molar refractivity (Wildman–Crippen MR) is 101 cm³/mol. The summed E-state index contributed by atoms with van der Waals surface area (Å²) in [5.74, 6) is -0.684. The van der Waals surface area contributed by atoms with Gasteiger partial charge in [-0.05, 0) is 43.7 Å². The van der Waals surface area contributed by atoms with Gasteiger partial charge in [-0.3, -0.25) is 9.10 Å². The van der Waals surface area contributed by atoms with Crippen molar-refractivity contribution in [3.05, 3.63) is 65.5 Å². The molecule has 2 aromatic rings. The zero-order chi connectivity index (χ0) is 19.3. The maximum absolute atomic E-state index is 13.9. The number of hydrogen-bond donors (Lipinski definition) is 1. The van der Waals surface area contributed by atoms with Crippen LogP contribution in [0, 0.1) is 5.82 Å². The van der Waals surface area contributed by atoms with E-state index in [9.17, 15) is 17.6 Å². The van der Waals surface area contributed by atoms with Crippen molar-refractivity contribution in [2.24, 2.45) is 0 Å². The van der Waals surface area contributed by atoms with Crippen molar-refractivity contribution in [3.8, 4) is 0 Å². The molecule has 0 radical (unpaired) electrons. The van der Waals surface area contributed by atoms with Crippen LogP contribution in [0.4, 0.5) is 10.1 Å². The molecule has 0 aliphatic heterocycles. The first kappa shape index (κ1) is 19.9. The molecule has 1 amide bonds. The molecule has 5 nitrogen and oxygen atoms in total. The third-order valence-electron chi connectivity index (χ3n) is 4.08. The van der Waals surface area contributed by atoms with Crippen LogP contribution in [0.2, 0.25) is 0 Å². The monoisotopic (exact) mass is 378 g/mol. The Morgan fingerprint density at radius 2 is 1.77 bits per heavy atom. The van der Waals surface area contributed by atoms with Gasteiger partial charge in [0.15, 0.2) is 0 Å². The van der Waals surface area contributed by atoms with Gasteiger partial charge in [-0.25, -0.2) is 12.8 Å². The zero-order valence-electron chi connectivity index (χ0n) is 15.1. The number of benzene rings is 2. The van der Waals surface area contributed by atoms with Gasteiger partial charge in [0.05, 0.1) is 18.5 Å². The summed E-state index contributed by atoms with van der Waals surface area (Å²) >= 11 is 0. The van der Waals surface area contributed by atoms with E-state index in [1.807, 2.05) is 13.8 Å². The van der Waals surface area contributed by atoms with Crippen molar-refractivity contribution in [1.82, 2.24) is 5.32 Å². The topological polar surface area (TPSA) is 66.5 Å². The Kier molecular flexibility index (Phi) is 6.37. The van der Waals surface area contributed by atoms with E-state index in [1.165, 1.54) is 6.07 Å². The van der Waals surface area contributed by atoms with E-state index >= 15 is 0 Å². The van der Waals surface area contributed by atoms with Crippen molar-refractivity contribution < 1.29 is 17.6 Å². The second-order valence-electron chi connectivity index (χ2n) is 6.19. The van der Waals surface area contributed by atoms with Crippen LogP contribution in [-0.2, 0) is 16.6 Å². The molecular weight excluding hydrogens is 355 g/mol. The number of halogens is 1. The van der Waals surface area contributed by atoms with E-state index in [1.54, 1.807) is 42.5 Å². The molecule has 7 heteroatoms. The summed E-state index contributed by atoms with van der Waals surface area (Å²) in [6.07, 6.45) is 1.88. The maximum Gasteiger partial charge on any atom is 0.251 e. The average molecular weight is 378 g/mol. The number of hydrogen-bond acceptors (Lipinski definition) is 3. The van der Waals surface area contributed by atoms with Crippen LogP contribution in [-0.4, -0.2) is 26.6 Å². The molecule has 2 rings (SSSR count). The highest BCUT2D eigenvalue weighted by atomic mass is 32.2. The van der Waals surface area contributed by atoms with Gasteiger partial charge in [0.1, 0.15) is 5.82 Å². The van der Waals surface area contributed by atoms with E-state index in [0.29, 0.717) is 11.3 Å². The molecule has 2 aromatic carbocycles. The highest BCUT2D eigenvalue weighted by molar-refractivity contribution is 7.92. The van der Waals surface area contributed by atoms with Crippen LogP contribution in [0.3, 0.4) is 0 Å². The van der Waals surface area contributed by atoms with Crippen molar-refractivity contribution >= 4 is 21.6 Å². The lowest BCUT2D eigenvalue weighted by molar-refractivity contribution is 0.0939. The van der Waals surface area contributed by atoms with Gasteiger partial charge in [-0.2, -0.15) is 0 Å². The number of nitrogens with zero attached hydrogens (tertiary/aromatic N) is 1. The summed E-state index contributed by atoms with van der Waals surface area (Å²) in [4.78, 5) is 12.1. The number of amides is 1. The van der Waals surface area contributed by atoms with Crippen molar-refractivity contribution in [2.75, 3.05) is 10.6 Å². The standard InChI is InChI=1S/C19H23FN2O3S/c1-4-14(2)21-19(23)15-9-11-17(12-10-15)22(26(3,24)25)13-16-7-5-6-8-18(16)20/h5-12,14H,4,13H2,1-3H3,(H,21,23)/t14-/m1/s1.